The summed E-state index contributed by atoms with van der Waals surface area (Å²) < 4.78 is 5.93. The summed E-state index contributed by atoms with van der Waals surface area (Å²) in [5, 5.41) is 1.93. The number of carbonyl (C=O) groups excluding carboxylic acids is 2. The molecule has 4 heterocycles. The first-order chi connectivity index (χ1) is 16.2. The van der Waals surface area contributed by atoms with Crippen LogP contribution < -0.4 is 4.74 Å². The van der Waals surface area contributed by atoms with Gasteiger partial charge in [0, 0.05) is 49.1 Å². The standard InChI is InChI=1S/C26H27N3O3S/c30-25(20-4-1-9-27-15-20)21-5-2-10-28(17-21)16-19-7-8-23-22(14-19)18-29(11-12-32-23)26(31)24-6-3-13-33-24/h1,3-4,6-9,13-15,21H,2,5,10-12,16-18H2/t21-/m0/s1. The number of ether oxygens (including phenoxy) is 1. The van der Waals surface area contributed by atoms with E-state index in [2.05, 4.69) is 22.0 Å². The number of thiophene rings is 1. The fourth-order valence-electron chi connectivity index (χ4n) is 4.69. The molecule has 1 atom stereocenters. The minimum Gasteiger partial charge on any atom is -0.491 e. The summed E-state index contributed by atoms with van der Waals surface area (Å²) in [5.74, 6) is 1.10. The molecule has 0 bridgehead atoms. The lowest BCUT2D eigenvalue weighted by atomic mass is 9.90. The van der Waals surface area contributed by atoms with Gasteiger partial charge < -0.3 is 9.64 Å². The molecule has 1 amide bonds. The van der Waals surface area contributed by atoms with E-state index < -0.39 is 0 Å². The highest BCUT2D eigenvalue weighted by atomic mass is 32.1. The largest absolute Gasteiger partial charge is 0.491 e. The molecule has 170 valence electrons. The molecule has 1 saturated heterocycles. The zero-order valence-corrected chi connectivity index (χ0v) is 19.3. The average Bonchev–Trinajstić information content (AvgIpc) is 3.31. The smallest absolute Gasteiger partial charge is 0.264 e. The predicted molar refractivity (Wildman–Crippen MR) is 128 cm³/mol. The minimum absolute atomic E-state index is 0.00557. The van der Waals surface area contributed by atoms with Crippen molar-refractivity contribution in [3.8, 4) is 5.75 Å². The van der Waals surface area contributed by atoms with Crippen LogP contribution in [0, 0.1) is 5.92 Å². The summed E-state index contributed by atoms with van der Waals surface area (Å²) in [6.45, 7) is 4.13. The molecule has 3 aromatic rings. The van der Waals surface area contributed by atoms with Crippen molar-refractivity contribution in [1.82, 2.24) is 14.8 Å². The quantitative estimate of drug-likeness (QED) is 0.531. The van der Waals surface area contributed by atoms with E-state index >= 15 is 0 Å². The van der Waals surface area contributed by atoms with E-state index in [0.29, 0.717) is 25.3 Å². The molecular formula is C26H27N3O3S. The molecule has 2 aromatic heterocycles. The Bertz CT molecular complexity index is 1120. The highest BCUT2D eigenvalue weighted by molar-refractivity contribution is 7.12. The normalized spacial score (nSPS) is 18.8. The van der Waals surface area contributed by atoms with Crippen molar-refractivity contribution < 1.29 is 14.3 Å². The van der Waals surface area contributed by atoms with Gasteiger partial charge in [-0.25, -0.2) is 0 Å². The van der Waals surface area contributed by atoms with E-state index in [-0.39, 0.29) is 17.6 Å². The Morgan fingerprint density at radius 1 is 1.15 bits per heavy atom. The van der Waals surface area contributed by atoms with Crippen LogP contribution in [0.5, 0.6) is 5.75 Å². The average molecular weight is 462 g/mol. The molecule has 0 unspecified atom stereocenters. The van der Waals surface area contributed by atoms with Gasteiger partial charge in [-0.3, -0.25) is 19.5 Å². The van der Waals surface area contributed by atoms with Crippen molar-refractivity contribution in [3.63, 3.8) is 0 Å². The van der Waals surface area contributed by atoms with E-state index in [4.69, 9.17) is 4.74 Å². The van der Waals surface area contributed by atoms with E-state index in [1.807, 2.05) is 40.6 Å². The molecule has 0 N–H and O–H groups in total. The van der Waals surface area contributed by atoms with Gasteiger partial charge in [-0.2, -0.15) is 0 Å². The van der Waals surface area contributed by atoms with Crippen molar-refractivity contribution in [3.05, 3.63) is 81.8 Å². The number of hydrogen-bond donors (Lipinski definition) is 0. The maximum Gasteiger partial charge on any atom is 0.264 e. The summed E-state index contributed by atoms with van der Waals surface area (Å²) in [6, 6.07) is 13.7. The Morgan fingerprint density at radius 3 is 2.91 bits per heavy atom. The Balaban J connectivity index is 1.27. The first kappa shape index (κ1) is 21.8. The van der Waals surface area contributed by atoms with Crippen molar-refractivity contribution in [2.75, 3.05) is 26.2 Å². The second kappa shape index (κ2) is 9.85. The summed E-state index contributed by atoms with van der Waals surface area (Å²) in [7, 11) is 0. The predicted octanol–water partition coefficient (Wildman–Crippen LogP) is 4.27. The zero-order valence-electron chi connectivity index (χ0n) is 18.5. The molecule has 0 saturated carbocycles. The van der Waals surface area contributed by atoms with Crippen LogP contribution in [-0.4, -0.2) is 52.7 Å². The number of benzene rings is 1. The monoisotopic (exact) mass is 461 g/mol. The van der Waals surface area contributed by atoms with Gasteiger partial charge >= 0.3 is 0 Å². The molecule has 5 rings (SSSR count). The third kappa shape index (κ3) is 4.99. The molecule has 2 aliphatic rings. The molecule has 7 heteroatoms. The number of amides is 1. The lowest BCUT2D eigenvalue weighted by molar-refractivity contribution is 0.0738. The number of piperidine rings is 1. The summed E-state index contributed by atoms with van der Waals surface area (Å²) >= 11 is 1.47. The number of likely N-dealkylation sites (tertiary alicyclic amines) is 1. The number of carbonyl (C=O) groups is 2. The third-order valence-corrected chi connectivity index (χ3v) is 7.21. The number of nitrogens with zero attached hydrogens (tertiary/aromatic N) is 3. The Kier molecular flexibility index (Phi) is 6.51. The number of aromatic nitrogens is 1. The topological polar surface area (TPSA) is 62.7 Å². The molecule has 2 aliphatic heterocycles. The highest BCUT2D eigenvalue weighted by Gasteiger charge is 2.27. The van der Waals surface area contributed by atoms with Crippen LogP contribution in [0.25, 0.3) is 0 Å². The van der Waals surface area contributed by atoms with Crippen LogP contribution in [0.3, 0.4) is 0 Å². The van der Waals surface area contributed by atoms with Crippen LogP contribution in [0.2, 0.25) is 0 Å². The van der Waals surface area contributed by atoms with Crippen LogP contribution in [0.4, 0.5) is 0 Å². The first-order valence-corrected chi connectivity index (χ1v) is 12.3. The highest BCUT2D eigenvalue weighted by Crippen LogP contribution is 2.28. The molecule has 1 fully saturated rings. The van der Waals surface area contributed by atoms with Gasteiger partial charge in [0.05, 0.1) is 11.4 Å². The van der Waals surface area contributed by atoms with Crippen molar-refractivity contribution >= 4 is 23.0 Å². The first-order valence-electron chi connectivity index (χ1n) is 11.4. The van der Waals surface area contributed by atoms with Crippen molar-refractivity contribution in [2.24, 2.45) is 5.92 Å². The Morgan fingerprint density at radius 2 is 2.09 bits per heavy atom. The van der Waals surface area contributed by atoms with Crippen LogP contribution in [0.15, 0.2) is 60.2 Å². The van der Waals surface area contributed by atoms with Crippen LogP contribution in [0.1, 0.15) is 44.0 Å². The minimum atomic E-state index is 0.00557. The lowest BCUT2D eigenvalue weighted by Crippen LogP contribution is -2.38. The molecule has 0 radical (unpaired) electrons. The van der Waals surface area contributed by atoms with Crippen LogP contribution in [-0.2, 0) is 13.1 Å². The number of rotatable bonds is 5. The molecule has 0 spiro atoms. The second-order valence-electron chi connectivity index (χ2n) is 8.67. The van der Waals surface area contributed by atoms with Gasteiger partial charge in [-0.15, -0.1) is 11.3 Å². The lowest BCUT2D eigenvalue weighted by Gasteiger charge is -2.32. The van der Waals surface area contributed by atoms with Crippen molar-refractivity contribution in [1.29, 1.82) is 0 Å². The molecule has 33 heavy (non-hydrogen) atoms. The molecule has 1 aromatic carbocycles. The fraction of sp³-hybridized carbons (Fsp3) is 0.346. The summed E-state index contributed by atoms with van der Waals surface area (Å²) in [6.07, 6.45) is 5.29. The fourth-order valence-corrected chi connectivity index (χ4v) is 5.38. The Hall–Kier alpha value is -3.03. The number of fused-ring (bicyclic) bond motifs is 1. The van der Waals surface area contributed by atoms with Gasteiger partial charge in [0.15, 0.2) is 5.78 Å². The third-order valence-electron chi connectivity index (χ3n) is 6.35. The van der Waals surface area contributed by atoms with E-state index in [1.54, 1.807) is 12.4 Å². The number of Topliss-reactive ketones (excluding diaryl/α,β-unsaturated/α-hetero) is 1. The van der Waals surface area contributed by atoms with Crippen LogP contribution >= 0.6 is 11.3 Å². The number of hydrogen-bond acceptors (Lipinski definition) is 6. The van der Waals surface area contributed by atoms with E-state index in [9.17, 15) is 9.59 Å². The Labute approximate surface area is 197 Å². The van der Waals surface area contributed by atoms with Gasteiger partial charge in [0.25, 0.3) is 5.91 Å². The van der Waals surface area contributed by atoms with Gasteiger partial charge in [0.2, 0.25) is 0 Å². The van der Waals surface area contributed by atoms with Gasteiger partial charge in [-0.05, 0) is 60.7 Å². The molecule has 0 aliphatic carbocycles. The zero-order chi connectivity index (χ0) is 22.6. The number of pyridine rings is 1. The van der Waals surface area contributed by atoms with Crippen molar-refractivity contribution in [2.45, 2.75) is 25.9 Å². The summed E-state index contributed by atoms with van der Waals surface area (Å²) in [5.41, 5.74) is 2.91. The molecular weight excluding hydrogens is 434 g/mol. The maximum atomic E-state index is 12.9. The number of ketones is 1. The van der Waals surface area contributed by atoms with E-state index in [0.717, 1.165) is 48.7 Å². The maximum absolute atomic E-state index is 12.9. The van der Waals surface area contributed by atoms with E-state index in [1.165, 1.54) is 16.9 Å². The molecule has 6 nitrogen and oxygen atoms in total. The van der Waals surface area contributed by atoms with Gasteiger partial charge in [0.1, 0.15) is 12.4 Å². The SMILES string of the molecule is O=C(c1cccnc1)[C@H]1CCCN(Cc2ccc3c(c2)CN(C(=O)c2cccs2)CCO3)C1. The van der Waals surface area contributed by atoms with Gasteiger partial charge in [-0.1, -0.05) is 12.1 Å². The second-order valence-corrected chi connectivity index (χ2v) is 9.62. The summed E-state index contributed by atoms with van der Waals surface area (Å²) in [4.78, 5) is 34.9.